The van der Waals surface area contributed by atoms with Gasteiger partial charge in [-0.25, -0.2) is 5.90 Å². The Hall–Kier alpha value is -0.460. The molecule has 220 valence electrons. The summed E-state index contributed by atoms with van der Waals surface area (Å²) >= 11 is 0. The van der Waals surface area contributed by atoms with Crippen LogP contribution in [0, 0.1) is 46.3 Å². The first-order valence-corrected chi connectivity index (χ1v) is 16.1. The van der Waals surface area contributed by atoms with Gasteiger partial charge in [-0.2, -0.15) is 0 Å². The molecular formula is C33H59NO4. The first kappa shape index (κ1) is 30.5. The van der Waals surface area contributed by atoms with Crippen molar-refractivity contribution in [3.63, 3.8) is 0 Å². The highest BCUT2D eigenvalue weighted by atomic mass is 16.6. The Kier molecular flexibility index (Phi) is 11.2. The van der Waals surface area contributed by atoms with Gasteiger partial charge < -0.3 is 19.0 Å². The number of rotatable bonds is 15. The molecule has 0 heterocycles. The molecular weight excluding hydrogens is 474 g/mol. The van der Waals surface area contributed by atoms with Crippen LogP contribution in [-0.2, 0) is 19.0 Å². The molecule has 0 bridgehead atoms. The molecule has 38 heavy (non-hydrogen) atoms. The second-order valence-corrected chi connectivity index (χ2v) is 14.1. The normalized spacial score (nSPS) is 37.4. The summed E-state index contributed by atoms with van der Waals surface area (Å²) in [5, 5.41) is 0. The standard InChI is InChI=1S/C33H59NO4/c1-24(2)7-6-8-25(3)29-11-12-30-28-10-9-26-23-27(37-21-19-35-17-18-36-20-22-38-34)13-15-32(26,4)31(28)14-16-33(29,30)5/h9,24-25,27-31H,6-8,10-23,34H2,1-5H3/t25-,27+,28+,29-,30+,31+,32+,33-/m1/s1. The third-order valence-corrected chi connectivity index (χ3v) is 11.6. The number of nitrogens with two attached hydrogens (primary N) is 1. The van der Waals surface area contributed by atoms with E-state index in [1.165, 1.54) is 64.2 Å². The van der Waals surface area contributed by atoms with Gasteiger partial charge in [-0.3, -0.25) is 0 Å². The monoisotopic (exact) mass is 533 g/mol. The Morgan fingerprint density at radius 1 is 0.868 bits per heavy atom. The highest BCUT2D eigenvalue weighted by molar-refractivity contribution is 5.25. The van der Waals surface area contributed by atoms with Crippen molar-refractivity contribution in [1.82, 2.24) is 0 Å². The lowest BCUT2D eigenvalue weighted by Gasteiger charge is -2.58. The third-order valence-electron chi connectivity index (χ3n) is 11.6. The lowest BCUT2D eigenvalue weighted by atomic mass is 9.47. The van der Waals surface area contributed by atoms with Crippen LogP contribution in [0.4, 0.5) is 0 Å². The van der Waals surface area contributed by atoms with Gasteiger partial charge in [0.2, 0.25) is 0 Å². The minimum Gasteiger partial charge on any atom is -0.377 e. The van der Waals surface area contributed by atoms with Crippen molar-refractivity contribution in [2.24, 2.45) is 52.2 Å². The zero-order valence-corrected chi connectivity index (χ0v) is 25.3. The lowest BCUT2D eigenvalue weighted by molar-refractivity contribution is -0.0691. The molecule has 4 rings (SSSR count). The van der Waals surface area contributed by atoms with Crippen LogP contribution < -0.4 is 5.90 Å². The van der Waals surface area contributed by atoms with E-state index in [1.54, 1.807) is 5.57 Å². The third kappa shape index (κ3) is 6.87. The van der Waals surface area contributed by atoms with Crippen LogP contribution in [0.2, 0.25) is 0 Å². The minimum atomic E-state index is 0.351. The van der Waals surface area contributed by atoms with Gasteiger partial charge in [-0.1, -0.05) is 65.5 Å². The van der Waals surface area contributed by atoms with E-state index in [9.17, 15) is 0 Å². The second-order valence-electron chi connectivity index (χ2n) is 14.1. The van der Waals surface area contributed by atoms with Crippen molar-refractivity contribution in [3.05, 3.63) is 11.6 Å². The summed E-state index contributed by atoms with van der Waals surface area (Å²) in [4.78, 5) is 4.49. The van der Waals surface area contributed by atoms with Crippen LogP contribution in [0.3, 0.4) is 0 Å². The summed E-state index contributed by atoms with van der Waals surface area (Å²) < 4.78 is 17.3. The van der Waals surface area contributed by atoms with E-state index in [4.69, 9.17) is 20.1 Å². The largest absolute Gasteiger partial charge is 0.377 e. The van der Waals surface area contributed by atoms with E-state index in [1.807, 2.05) is 0 Å². The van der Waals surface area contributed by atoms with Gasteiger partial charge in [0.25, 0.3) is 0 Å². The molecule has 0 aromatic heterocycles. The number of hydrogen-bond donors (Lipinski definition) is 1. The maximum absolute atomic E-state index is 6.29. The Labute approximate surface area is 233 Å². The first-order chi connectivity index (χ1) is 18.3. The van der Waals surface area contributed by atoms with Crippen molar-refractivity contribution in [2.45, 2.75) is 111 Å². The van der Waals surface area contributed by atoms with Gasteiger partial charge in [0.05, 0.1) is 45.7 Å². The average molecular weight is 534 g/mol. The topological polar surface area (TPSA) is 62.9 Å². The fraction of sp³-hybridized carbons (Fsp3) is 0.939. The quantitative estimate of drug-likeness (QED) is 0.136. The zero-order valence-electron chi connectivity index (χ0n) is 25.3. The fourth-order valence-corrected chi connectivity index (χ4v) is 9.50. The number of ether oxygens (including phenoxy) is 3. The zero-order chi connectivity index (χ0) is 27.2. The molecule has 0 unspecified atom stereocenters. The molecule has 0 amide bonds. The van der Waals surface area contributed by atoms with Gasteiger partial charge in [0, 0.05) is 0 Å². The van der Waals surface area contributed by atoms with Crippen molar-refractivity contribution < 1.29 is 19.0 Å². The summed E-state index contributed by atoms with van der Waals surface area (Å²) in [6.45, 7) is 16.0. The minimum absolute atomic E-state index is 0.351. The van der Waals surface area contributed by atoms with Gasteiger partial charge in [0.1, 0.15) is 0 Å². The van der Waals surface area contributed by atoms with Crippen LogP contribution in [0.15, 0.2) is 11.6 Å². The molecule has 0 aromatic rings. The van der Waals surface area contributed by atoms with Crippen molar-refractivity contribution >= 4 is 0 Å². The summed E-state index contributed by atoms with van der Waals surface area (Å²) in [5.41, 5.74) is 2.68. The Bertz CT molecular complexity index is 755. The molecule has 4 aliphatic rings. The predicted molar refractivity (Wildman–Crippen MR) is 155 cm³/mol. The molecule has 0 radical (unpaired) electrons. The second kappa shape index (κ2) is 13.9. The smallest absolute Gasteiger partial charge is 0.0913 e. The van der Waals surface area contributed by atoms with Crippen molar-refractivity contribution in [3.8, 4) is 0 Å². The molecule has 0 saturated heterocycles. The molecule has 4 aliphatic carbocycles. The van der Waals surface area contributed by atoms with E-state index >= 15 is 0 Å². The molecule has 2 N–H and O–H groups in total. The Balaban J connectivity index is 1.26. The van der Waals surface area contributed by atoms with E-state index in [2.05, 4.69) is 45.5 Å². The average Bonchev–Trinajstić information content (AvgIpc) is 3.25. The molecule has 5 nitrogen and oxygen atoms in total. The van der Waals surface area contributed by atoms with Crippen LogP contribution in [0.5, 0.6) is 0 Å². The van der Waals surface area contributed by atoms with Gasteiger partial charge in [0.15, 0.2) is 0 Å². The SMILES string of the molecule is CC(C)CCC[C@@H](C)[C@H]1CC[C@H]2[C@@H]3CC=C4C[C@@H](OCCOCCOCCON)CC[C@]4(C)[C@H]3CC[C@]12C. The summed E-state index contributed by atoms with van der Waals surface area (Å²) in [6, 6.07) is 0. The summed E-state index contributed by atoms with van der Waals surface area (Å²) in [5.74, 6) is 10.4. The predicted octanol–water partition coefficient (Wildman–Crippen LogP) is 7.34. The molecule has 3 saturated carbocycles. The molecule has 0 spiro atoms. The van der Waals surface area contributed by atoms with Crippen LogP contribution in [-0.4, -0.2) is 45.7 Å². The fourth-order valence-electron chi connectivity index (χ4n) is 9.50. The maximum atomic E-state index is 6.29. The van der Waals surface area contributed by atoms with Crippen LogP contribution in [0.25, 0.3) is 0 Å². The number of allylic oxidation sites excluding steroid dienone is 1. The van der Waals surface area contributed by atoms with Crippen molar-refractivity contribution in [1.29, 1.82) is 0 Å². The number of fused-ring (bicyclic) bond motifs is 5. The van der Waals surface area contributed by atoms with Gasteiger partial charge >= 0.3 is 0 Å². The molecule has 0 aliphatic heterocycles. The Morgan fingerprint density at radius 3 is 2.34 bits per heavy atom. The van der Waals surface area contributed by atoms with Crippen molar-refractivity contribution in [2.75, 3.05) is 39.6 Å². The molecule has 3 fully saturated rings. The van der Waals surface area contributed by atoms with Gasteiger partial charge in [-0.15, -0.1) is 0 Å². The van der Waals surface area contributed by atoms with Gasteiger partial charge in [-0.05, 0) is 97.7 Å². The maximum Gasteiger partial charge on any atom is 0.0913 e. The summed E-state index contributed by atoms with van der Waals surface area (Å²) in [7, 11) is 0. The lowest BCUT2D eigenvalue weighted by Crippen LogP contribution is -2.51. The molecule has 0 aromatic carbocycles. The van der Waals surface area contributed by atoms with E-state index in [0.29, 0.717) is 56.6 Å². The van der Waals surface area contributed by atoms with E-state index in [-0.39, 0.29) is 0 Å². The van der Waals surface area contributed by atoms with E-state index in [0.717, 1.165) is 41.9 Å². The van der Waals surface area contributed by atoms with Crippen LogP contribution in [0.1, 0.15) is 105 Å². The Morgan fingerprint density at radius 2 is 1.61 bits per heavy atom. The molecule has 8 atom stereocenters. The first-order valence-electron chi connectivity index (χ1n) is 16.1. The molecule has 5 heteroatoms. The summed E-state index contributed by atoms with van der Waals surface area (Å²) in [6.07, 6.45) is 18.1. The van der Waals surface area contributed by atoms with E-state index < -0.39 is 0 Å². The highest BCUT2D eigenvalue weighted by Crippen LogP contribution is 2.67. The highest BCUT2D eigenvalue weighted by Gasteiger charge is 2.59. The number of hydrogen-bond acceptors (Lipinski definition) is 5. The van der Waals surface area contributed by atoms with Crippen LogP contribution >= 0.6 is 0 Å².